The van der Waals surface area contributed by atoms with E-state index in [0.717, 1.165) is 4.88 Å². The Balaban J connectivity index is 2.05. The van der Waals surface area contributed by atoms with Crippen molar-refractivity contribution in [2.24, 2.45) is 0 Å². The van der Waals surface area contributed by atoms with Crippen LogP contribution in [0.25, 0.3) is 0 Å². The van der Waals surface area contributed by atoms with Gasteiger partial charge in [0.1, 0.15) is 6.04 Å². The molecule has 6 nitrogen and oxygen atoms in total. The molecule has 0 bridgehead atoms. The Kier molecular flexibility index (Phi) is 4.39. The van der Waals surface area contributed by atoms with Crippen molar-refractivity contribution in [3.63, 3.8) is 0 Å². The van der Waals surface area contributed by atoms with Crippen LogP contribution in [0.5, 0.6) is 0 Å². The van der Waals surface area contributed by atoms with Crippen molar-refractivity contribution >= 4 is 29.1 Å². The molecule has 0 spiro atoms. The molecular weight excluding hydrogens is 280 g/mol. The summed E-state index contributed by atoms with van der Waals surface area (Å²) in [6.07, 6.45) is 1.22. The molecular formula is C13H16N2O4S. The molecule has 1 atom stereocenters. The van der Waals surface area contributed by atoms with Crippen LogP contribution in [0, 0.1) is 0 Å². The summed E-state index contributed by atoms with van der Waals surface area (Å²) in [5, 5.41) is 11.8. The van der Waals surface area contributed by atoms with E-state index in [1.807, 2.05) is 0 Å². The van der Waals surface area contributed by atoms with Crippen LogP contribution in [0.15, 0.2) is 12.1 Å². The van der Waals surface area contributed by atoms with Crippen LogP contribution in [-0.4, -0.2) is 40.4 Å². The standard InChI is InChI=1S/C13H16N2O4S/c1-8(16)14-7-9-4-5-11(20-9)12(17)15-6-2-3-10(15)13(18)19/h4-5,10H,2-3,6-7H2,1H3,(H,14,16)(H,18,19)/t10-/m1/s1. The number of thiophene rings is 1. The molecule has 0 aliphatic carbocycles. The third kappa shape index (κ3) is 3.16. The molecule has 1 aliphatic rings. The highest BCUT2D eigenvalue weighted by atomic mass is 32.1. The number of aliphatic carboxylic acids is 1. The first-order valence-electron chi connectivity index (χ1n) is 6.36. The lowest BCUT2D eigenvalue weighted by Crippen LogP contribution is -2.40. The van der Waals surface area contributed by atoms with Gasteiger partial charge in [0.2, 0.25) is 5.91 Å². The summed E-state index contributed by atoms with van der Waals surface area (Å²) < 4.78 is 0. The molecule has 1 aromatic heterocycles. The van der Waals surface area contributed by atoms with E-state index >= 15 is 0 Å². The van der Waals surface area contributed by atoms with E-state index in [1.54, 1.807) is 12.1 Å². The van der Waals surface area contributed by atoms with Crippen LogP contribution in [0.3, 0.4) is 0 Å². The minimum atomic E-state index is -0.953. The number of carboxylic acids is 1. The summed E-state index contributed by atoms with van der Waals surface area (Å²) >= 11 is 1.28. The zero-order valence-corrected chi connectivity index (χ0v) is 11.9. The number of carboxylic acid groups (broad SMARTS) is 1. The third-order valence-corrected chi connectivity index (χ3v) is 4.26. The lowest BCUT2D eigenvalue weighted by molar-refractivity contribution is -0.141. The molecule has 7 heteroatoms. The van der Waals surface area contributed by atoms with Gasteiger partial charge < -0.3 is 15.3 Å². The number of rotatable bonds is 4. The van der Waals surface area contributed by atoms with Gasteiger partial charge in [0.05, 0.1) is 11.4 Å². The molecule has 2 heterocycles. The minimum Gasteiger partial charge on any atom is -0.480 e. The lowest BCUT2D eigenvalue weighted by Gasteiger charge is -2.20. The smallest absolute Gasteiger partial charge is 0.326 e. The van der Waals surface area contributed by atoms with E-state index in [1.165, 1.54) is 23.2 Å². The van der Waals surface area contributed by atoms with Gasteiger partial charge >= 0.3 is 5.97 Å². The number of nitrogens with one attached hydrogen (secondary N) is 1. The average Bonchev–Trinajstić information content (AvgIpc) is 3.04. The Hall–Kier alpha value is -1.89. The van der Waals surface area contributed by atoms with Crippen LogP contribution in [0.4, 0.5) is 0 Å². The predicted molar refractivity (Wildman–Crippen MR) is 73.5 cm³/mol. The second-order valence-corrected chi connectivity index (χ2v) is 5.84. The van der Waals surface area contributed by atoms with Gasteiger partial charge in [0.25, 0.3) is 5.91 Å². The van der Waals surface area contributed by atoms with Crippen LogP contribution in [-0.2, 0) is 16.1 Å². The molecule has 2 N–H and O–H groups in total. The van der Waals surface area contributed by atoms with Crippen molar-refractivity contribution in [2.45, 2.75) is 32.4 Å². The lowest BCUT2D eigenvalue weighted by atomic mass is 10.2. The molecule has 1 aromatic rings. The molecule has 2 amide bonds. The van der Waals surface area contributed by atoms with Gasteiger partial charge in [-0.2, -0.15) is 0 Å². The van der Waals surface area contributed by atoms with E-state index in [2.05, 4.69) is 5.32 Å². The molecule has 0 unspecified atom stereocenters. The van der Waals surface area contributed by atoms with E-state index < -0.39 is 12.0 Å². The fraction of sp³-hybridized carbons (Fsp3) is 0.462. The molecule has 2 rings (SSSR count). The van der Waals surface area contributed by atoms with Gasteiger partial charge in [0, 0.05) is 18.3 Å². The number of hydrogen-bond acceptors (Lipinski definition) is 4. The Morgan fingerprint density at radius 1 is 1.45 bits per heavy atom. The topological polar surface area (TPSA) is 86.7 Å². The van der Waals surface area contributed by atoms with Gasteiger partial charge in [-0.25, -0.2) is 4.79 Å². The first-order valence-corrected chi connectivity index (χ1v) is 7.17. The third-order valence-electron chi connectivity index (χ3n) is 3.18. The zero-order valence-electron chi connectivity index (χ0n) is 11.1. The molecule has 108 valence electrons. The van der Waals surface area contributed by atoms with Gasteiger partial charge in [-0.15, -0.1) is 11.3 Å². The first kappa shape index (κ1) is 14.5. The largest absolute Gasteiger partial charge is 0.480 e. The molecule has 0 aromatic carbocycles. The molecule has 1 saturated heterocycles. The zero-order chi connectivity index (χ0) is 14.7. The summed E-state index contributed by atoms with van der Waals surface area (Å²) in [7, 11) is 0. The van der Waals surface area contributed by atoms with E-state index in [9.17, 15) is 14.4 Å². The number of hydrogen-bond donors (Lipinski definition) is 2. The van der Waals surface area contributed by atoms with Gasteiger partial charge in [-0.3, -0.25) is 9.59 Å². The number of carbonyl (C=O) groups is 3. The van der Waals surface area contributed by atoms with Crippen molar-refractivity contribution in [1.82, 2.24) is 10.2 Å². The summed E-state index contributed by atoms with van der Waals surface area (Å²) in [5.74, 6) is -1.32. The molecule has 1 aliphatic heterocycles. The van der Waals surface area contributed by atoms with Crippen molar-refractivity contribution < 1.29 is 19.5 Å². The first-order chi connectivity index (χ1) is 9.49. The van der Waals surface area contributed by atoms with Crippen molar-refractivity contribution in [1.29, 1.82) is 0 Å². The van der Waals surface area contributed by atoms with E-state index in [-0.39, 0.29) is 11.8 Å². The summed E-state index contributed by atoms with van der Waals surface area (Å²) in [6.45, 7) is 2.30. The van der Waals surface area contributed by atoms with E-state index in [0.29, 0.717) is 30.8 Å². The van der Waals surface area contributed by atoms with Gasteiger partial charge in [0.15, 0.2) is 0 Å². The molecule has 20 heavy (non-hydrogen) atoms. The highest BCUT2D eigenvalue weighted by Crippen LogP contribution is 2.24. The Morgan fingerprint density at radius 2 is 2.20 bits per heavy atom. The Morgan fingerprint density at radius 3 is 2.85 bits per heavy atom. The highest BCUT2D eigenvalue weighted by molar-refractivity contribution is 7.14. The number of likely N-dealkylation sites (tertiary alicyclic amines) is 1. The Labute approximate surface area is 120 Å². The van der Waals surface area contributed by atoms with Crippen molar-refractivity contribution in [3.8, 4) is 0 Å². The second-order valence-electron chi connectivity index (χ2n) is 4.67. The second kappa shape index (κ2) is 6.04. The molecule has 0 saturated carbocycles. The molecule has 0 radical (unpaired) electrons. The maximum absolute atomic E-state index is 12.3. The van der Waals surface area contributed by atoms with Crippen molar-refractivity contribution in [3.05, 3.63) is 21.9 Å². The van der Waals surface area contributed by atoms with Gasteiger partial charge in [-0.05, 0) is 25.0 Å². The quantitative estimate of drug-likeness (QED) is 0.870. The van der Waals surface area contributed by atoms with Crippen LogP contribution < -0.4 is 5.32 Å². The Bertz CT molecular complexity index is 540. The molecule has 1 fully saturated rings. The average molecular weight is 296 g/mol. The summed E-state index contributed by atoms with van der Waals surface area (Å²) in [4.78, 5) is 37.0. The minimum absolute atomic E-state index is 0.128. The normalized spacial score (nSPS) is 18.1. The summed E-state index contributed by atoms with van der Waals surface area (Å²) in [5.41, 5.74) is 0. The maximum Gasteiger partial charge on any atom is 0.326 e. The summed E-state index contributed by atoms with van der Waals surface area (Å²) in [6, 6.07) is 2.74. The van der Waals surface area contributed by atoms with Crippen LogP contribution in [0.2, 0.25) is 0 Å². The fourth-order valence-corrected chi connectivity index (χ4v) is 3.11. The van der Waals surface area contributed by atoms with Crippen LogP contribution in [0.1, 0.15) is 34.3 Å². The number of carbonyl (C=O) groups excluding carboxylic acids is 2. The van der Waals surface area contributed by atoms with Crippen molar-refractivity contribution in [2.75, 3.05) is 6.54 Å². The monoisotopic (exact) mass is 296 g/mol. The van der Waals surface area contributed by atoms with Crippen LogP contribution >= 0.6 is 11.3 Å². The number of nitrogens with zero attached hydrogens (tertiary/aromatic N) is 1. The SMILES string of the molecule is CC(=O)NCc1ccc(C(=O)N2CCC[C@@H]2C(=O)O)s1. The highest BCUT2D eigenvalue weighted by Gasteiger charge is 2.34. The van der Waals surface area contributed by atoms with Gasteiger partial charge in [-0.1, -0.05) is 0 Å². The van der Waals surface area contributed by atoms with E-state index in [4.69, 9.17) is 5.11 Å². The maximum atomic E-state index is 12.3. The predicted octanol–water partition coefficient (Wildman–Crippen LogP) is 1.07. The fourth-order valence-electron chi connectivity index (χ4n) is 2.21. The number of amides is 2.